The largest absolute Gasteiger partial charge is 0.507 e. The zero-order chi connectivity index (χ0) is 33.3. The highest BCUT2D eigenvalue weighted by Crippen LogP contribution is 2.64. The van der Waals surface area contributed by atoms with Crippen LogP contribution in [-0.4, -0.2) is 88.9 Å². The van der Waals surface area contributed by atoms with E-state index in [4.69, 9.17) is 18.9 Å². The van der Waals surface area contributed by atoms with E-state index in [1.54, 1.807) is 19.9 Å². The van der Waals surface area contributed by atoms with E-state index in [2.05, 4.69) is 27.8 Å². The molecule has 0 spiro atoms. The van der Waals surface area contributed by atoms with Crippen LogP contribution in [0, 0.1) is 25.2 Å². The third-order valence-corrected chi connectivity index (χ3v) is 11.7. The smallest absolute Gasteiger partial charge is 0.329 e. The number of amides is 1. The van der Waals surface area contributed by atoms with Crippen molar-refractivity contribution >= 4 is 23.6 Å². The highest BCUT2D eigenvalue weighted by Gasteiger charge is 2.61. The zero-order valence-corrected chi connectivity index (χ0v) is 27.6. The number of phenolic OH excluding ortho intramolecular Hbond substituents is 2. The number of hydrogen-bond donors (Lipinski definition) is 3. The summed E-state index contributed by atoms with van der Waals surface area (Å²) in [6, 6.07) is 1.02. The van der Waals surface area contributed by atoms with Crippen LogP contribution in [0.2, 0.25) is 0 Å². The molecule has 13 heteroatoms. The number of nitrogens with zero attached hydrogens (tertiary/aromatic N) is 3. The molecule has 7 rings (SSSR count). The predicted octanol–water partition coefficient (Wildman–Crippen LogP) is 3.46. The number of thioether (sulfide) groups is 1. The number of aryl methyl sites for hydroxylation is 1. The molecule has 3 unspecified atom stereocenters. The summed E-state index contributed by atoms with van der Waals surface area (Å²) in [5.74, 6) is 0.638. The van der Waals surface area contributed by atoms with Crippen molar-refractivity contribution in [2.45, 2.75) is 75.1 Å². The fourth-order valence-corrected chi connectivity index (χ4v) is 9.86. The number of cyclic esters (lactones) is 1. The molecular weight excluding hydrogens is 624 g/mol. The fourth-order valence-electron chi connectivity index (χ4n) is 8.35. The Morgan fingerprint density at radius 2 is 1.98 bits per heavy atom. The minimum atomic E-state index is -0.928. The van der Waals surface area contributed by atoms with Gasteiger partial charge < -0.3 is 34.5 Å². The first-order valence-corrected chi connectivity index (χ1v) is 16.9. The number of piperazine rings is 1. The van der Waals surface area contributed by atoms with Crippen molar-refractivity contribution < 1.29 is 38.7 Å². The van der Waals surface area contributed by atoms with Gasteiger partial charge in [-0.25, -0.2) is 4.79 Å². The van der Waals surface area contributed by atoms with Crippen LogP contribution >= 0.6 is 11.8 Å². The van der Waals surface area contributed by atoms with E-state index in [9.17, 15) is 25.1 Å². The molecule has 2 aromatic carbocycles. The monoisotopic (exact) mass is 662 g/mol. The number of fused-ring (bicyclic) bond motifs is 9. The number of phenols is 2. The summed E-state index contributed by atoms with van der Waals surface area (Å²) in [7, 11) is 1.53. The van der Waals surface area contributed by atoms with Crippen LogP contribution in [-0.2, 0) is 20.7 Å². The Labute approximate surface area is 277 Å². The molecule has 2 fully saturated rings. The second-order valence-electron chi connectivity index (χ2n) is 12.6. The summed E-state index contributed by atoms with van der Waals surface area (Å²) in [6.45, 7) is 9.65. The average Bonchev–Trinajstić information content (AvgIpc) is 3.55. The molecule has 1 amide bonds. The summed E-state index contributed by atoms with van der Waals surface area (Å²) in [5, 5.41) is 37.1. The molecular formula is C34H38N4O8S. The number of methoxy groups -OCH3 is 1. The summed E-state index contributed by atoms with van der Waals surface area (Å²) in [6.07, 6.45) is 2.48. The van der Waals surface area contributed by atoms with Gasteiger partial charge in [-0.3, -0.25) is 14.6 Å². The summed E-state index contributed by atoms with van der Waals surface area (Å²) < 4.78 is 23.5. The number of benzene rings is 2. The maximum atomic E-state index is 13.5. The van der Waals surface area contributed by atoms with E-state index in [0.717, 1.165) is 11.1 Å². The van der Waals surface area contributed by atoms with E-state index in [0.29, 0.717) is 52.5 Å². The number of ether oxygens (including phenoxy) is 4. The van der Waals surface area contributed by atoms with Crippen molar-refractivity contribution in [1.29, 1.82) is 5.26 Å². The minimum absolute atomic E-state index is 0.0363. The third-order valence-electron chi connectivity index (χ3n) is 10.3. The molecule has 0 aliphatic carbocycles. The average molecular weight is 663 g/mol. The Hall–Kier alpha value is -4.12. The van der Waals surface area contributed by atoms with Gasteiger partial charge in [0.15, 0.2) is 23.0 Å². The Bertz CT molecular complexity index is 1730. The molecule has 5 aliphatic heterocycles. The second-order valence-corrected chi connectivity index (χ2v) is 13.8. The number of esters is 1. The quantitative estimate of drug-likeness (QED) is 0.317. The van der Waals surface area contributed by atoms with Gasteiger partial charge in [0, 0.05) is 53.1 Å². The van der Waals surface area contributed by atoms with E-state index in [-0.39, 0.29) is 49.0 Å². The van der Waals surface area contributed by atoms with Crippen LogP contribution in [0.4, 0.5) is 0 Å². The first kappa shape index (κ1) is 31.5. The Kier molecular flexibility index (Phi) is 7.93. The molecule has 7 atom stereocenters. The first-order chi connectivity index (χ1) is 22.7. The minimum Gasteiger partial charge on any atom is -0.507 e. The van der Waals surface area contributed by atoms with Crippen molar-refractivity contribution in [3.63, 3.8) is 0 Å². The Morgan fingerprint density at radius 1 is 1.21 bits per heavy atom. The van der Waals surface area contributed by atoms with E-state index in [1.807, 2.05) is 13.0 Å². The topological polar surface area (TPSA) is 154 Å². The molecule has 248 valence electrons. The molecule has 12 nitrogen and oxygen atoms in total. The lowest BCUT2D eigenvalue weighted by atomic mass is 9.71. The van der Waals surface area contributed by atoms with Crippen molar-refractivity contribution in [3.05, 3.63) is 52.1 Å². The normalized spacial score (nSPS) is 29.1. The Morgan fingerprint density at radius 3 is 2.68 bits per heavy atom. The van der Waals surface area contributed by atoms with E-state index >= 15 is 0 Å². The van der Waals surface area contributed by atoms with E-state index < -0.39 is 41.4 Å². The number of rotatable bonds is 5. The standard InChI is InChI=1S/C34H38N4O8S/c1-6-8-37-19-10-17-9-15(3)30(43-5)29(41)23(17)26(37)27-33-25-24(32-31(45-14-46-32)16(4)28(25)40)21(38(27)20(19)11-35)12-44-34(42)18(13-47-33)36-22(39)7-2/h6,9,18-21,26-27,33,40-41H,1,7-8,10,12-14H2,2-5H3,(H,36,39)/t18?,19?,20-,21-,26?,27+,33+/m0/s1. The van der Waals surface area contributed by atoms with Crippen LogP contribution in [0.15, 0.2) is 18.7 Å². The molecule has 2 aromatic rings. The van der Waals surface area contributed by atoms with Gasteiger partial charge in [-0.1, -0.05) is 19.1 Å². The lowest BCUT2D eigenvalue weighted by molar-refractivity contribution is -0.153. The molecule has 47 heavy (non-hydrogen) atoms. The van der Waals surface area contributed by atoms with Gasteiger partial charge in [-0.2, -0.15) is 5.26 Å². The van der Waals surface area contributed by atoms with Gasteiger partial charge >= 0.3 is 5.97 Å². The third kappa shape index (κ3) is 4.56. The lowest BCUT2D eigenvalue weighted by Gasteiger charge is -2.62. The number of nitriles is 1. The van der Waals surface area contributed by atoms with Crippen LogP contribution in [0.1, 0.15) is 64.1 Å². The van der Waals surface area contributed by atoms with Crippen molar-refractivity contribution in [1.82, 2.24) is 15.1 Å². The van der Waals surface area contributed by atoms with Gasteiger partial charge in [-0.05, 0) is 31.4 Å². The maximum absolute atomic E-state index is 13.5. The van der Waals surface area contributed by atoms with Gasteiger partial charge in [0.05, 0.1) is 30.5 Å². The number of hydrogen-bond acceptors (Lipinski definition) is 12. The molecule has 0 saturated carbocycles. The number of carbonyl (C=O) groups is 2. The van der Waals surface area contributed by atoms with Crippen LogP contribution < -0.4 is 19.5 Å². The van der Waals surface area contributed by atoms with Crippen molar-refractivity contribution in [2.75, 3.05) is 32.8 Å². The van der Waals surface area contributed by atoms with Gasteiger partial charge in [0.25, 0.3) is 0 Å². The van der Waals surface area contributed by atoms with Gasteiger partial charge in [0.2, 0.25) is 12.7 Å². The maximum Gasteiger partial charge on any atom is 0.329 e. The molecule has 0 radical (unpaired) electrons. The van der Waals surface area contributed by atoms with Gasteiger partial charge in [0.1, 0.15) is 24.4 Å². The molecule has 0 aromatic heterocycles. The number of nitrogens with one attached hydrogen (secondary N) is 1. The Balaban J connectivity index is 1.52. The summed E-state index contributed by atoms with van der Waals surface area (Å²) >= 11 is 1.40. The zero-order valence-electron chi connectivity index (χ0n) is 26.7. The molecule has 4 bridgehead atoms. The fraction of sp³-hybridized carbons (Fsp3) is 0.500. The lowest BCUT2D eigenvalue weighted by Crippen LogP contribution is -2.70. The number of carbonyl (C=O) groups excluding carboxylic acids is 2. The van der Waals surface area contributed by atoms with Crippen LogP contribution in [0.25, 0.3) is 0 Å². The van der Waals surface area contributed by atoms with Crippen molar-refractivity contribution in [3.8, 4) is 34.8 Å². The molecule has 5 aliphatic rings. The highest BCUT2D eigenvalue weighted by molar-refractivity contribution is 7.99. The second kappa shape index (κ2) is 11.8. The molecule has 5 heterocycles. The highest BCUT2D eigenvalue weighted by atomic mass is 32.2. The van der Waals surface area contributed by atoms with Crippen molar-refractivity contribution in [2.24, 2.45) is 0 Å². The van der Waals surface area contributed by atoms with Crippen LogP contribution in [0.3, 0.4) is 0 Å². The summed E-state index contributed by atoms with van der Waals surface area (Å²) in [5.41, 5.74) is 4.18. The number of aromatic hydroxyl groups is 2. The first-order valence-electron chi connectivity index (χ1n) is 15.8. The summed E-state index contributed by atoms with van der Waals surface area (Å²) in [4.78, 5) is 30.3. The molecule has 2 saturated heterocycles. The van der Waals surface area contributed by atoms with Crippen LogP contribution in [0.5, 0.6) is 28.7 Å². The SMILES string of the molecule is C=CCN1C2c3c(cc(C)c(OC)c3O)CC1[C@H](C#N)N1[C@H]2[C@@H]2SCC(NC(=O)CC)C(=O)OC[C@H]1c1c3c(c(C)c(O)c12)OCO3. The predicted molar refractivity (Wildman–Crippen MR) is 172 cm³/mol. The van der Waals surface area contributed by atoms with Gasteiger partial charge in [-0.15, -0.1) is 18.3 Å². The molecule has 3 N–H and O–H groups in total. The van der Waals surface area contributed by atoms with E-state index in [1.165, 1.54) is 18.9 Å².